The SMILES string of the molecule is c1ccc(-c2cc(-c3ccc4c(c3)oc3ccccc34)cc(-c3cccc4oc5ccc(-c6cccc(-c7cccc(-c8ccc9c(c8)c8ccccc8n9-c8ccccc8)c7)c6)cc5c34)n2)cc1. The Kier molecular flexibility index (Phi) is 8.86. The molecule has 0 bridgehead atoms. The van der Waals surface area contributed by atoms with Crippen LogP contribution in [0.25, 0.3) is 138 Å². The maximum Gasteiger partial charge on any atom is 0.136 e. The van der Waals surface area contributed by atoms with E-state index in [1.807, 2.05) is 18.2 Å². The standard InChI is InChI=1S/C65H40N2O2/c1-3-14-41(15-4-1)57-38-49(48-28-31-53-52-23-8-10-26-61(52)69-64(53)40-48)39-58(66-57)54-24-13-27-63-65(54)56-37-47(30-33-62(56)68-63)45-19-12-17-43(35-45)42-16-11-18-44(34-42)46-29-32-60-55(36-46)51-22-7-9-25-59(51)67(60)50-20-5-2-6-21-50/h1-40H. The number of benzene rings is 10. The van der Waals surface area contributed by atoms with E-state index in [2.05, 4.69) is 229 Å². The lowest BCUT2D eigenvalue weighted by molar-refractivity contribution is 0.668. The summed E-state index contributed by atoms with van der Waals surface area (Å²) in [4.78, 5) is 5.36. The molecule has 0 N–H and O–H groups in total. The molecule has 0 saturated heterocycles. The minimum absolute atomic E-state index is 0.824. The molecule has 10 aromatic carbocycles. The van der Waals surface area contributed by atoms with Gasteiger partial charge in [-0.3, -0.25) is 0 Å². The molecule has 0 saturated carbocycles. The van der Waals surface area contributed by atoms with Crippen molar-refractivity contribution in [1.82, 2.24) is 9.55 Å². The number of pyridine rings is 1. The first-order valence-corrected chi connectivity index (χ1v) is 23.4. The van der Waals surface area contributed by atoms with Crippen molar-refractivity contribution in [3.05, 3.63) is 243 Å². The van der Waals surface area contributed by atoms with Crippen LogP contribution in [-0.2, 0) is 0 Å². The lowest BCUT2D eigenvalue weighted by Gasteiger charge is -2.11. The van der Waals surface area contributed by atoms with Gasteiger partial charge >= 0.3 is 0 Å². The van der Waals surface area contributed by atoms with Gasteiger partial charge in [-0.25, -0.2) is 4.98 Å². The van der Waals surface area contributed by atoms with Crippen LogP contribution in [0.4, 0.5) is 0 Å². The molecule has 0 atom stereocenters. The Balaban J connectivity index is 0.849. The number of rotatable bonds is 7. The van der Waals surface area contributed by atoms with Crippen molar-refractivity contribution in [2.24, 2.45) is 0 Å². The van der Waals surface area contributed by atoms with Crippen molar-refractivity contribution in [3.8, 4) is 72.7 Å². The number of para-hydroxylation sites is 3. The predicted molar refractivity (Wildman–Crippen MR) is 286 cm³/mol. The highest BCUT2D eigenvalue weighted by Gasteiger charge is 2.19. The van der Waals surface area contributed by atoms with E-state index in [1.54, 1.807) is 0 Å². The van der Waals surface area contributed by atoms with Gasteiger partial charge in [-0.2, -0.15) is 0 Å². The zero-order valence-corrected chi connectivity index (χ0v) is 37.3. The summed E-state index contributed by atoms with van der Waals surface area (Å²) >= 11 is 0. The van der Waals surface area contributed by atoms with Crippen LogP contribution in [0.15, 0.2) is 251 Å². The Morgan fingerprint density at radius 1 is 0.275 bits per heavy atom. The quantitative estimate of drug-likeness (QED) is 0.160. The first kappa shape index (κ1) is 39.0. The van der Waals surface area contributed by atoms with E-state index in [4.69, 9.17) is 13.8 Å². The first-order chi connectivity index (χ1) is 34.2. The second kappa shape index (κ2) is 15.7. The zero-order valence-electron chi connectivity index (χ0n) is 37.3. The zero-order chi connectivity index (χ0) is 45.4. The molecule has 0 aliphatic heterocycles. The molecule has 322 valence electrons. The van der Waals surface area contributed by atoms with Crippen molar-refractivity contribution in [2.75, 3.05) is 0 Å². The van der Waals surface area contributed by atoms with E-state index >= 15 is 0 Å². The molecule has 14 rings (SSSR count). The molecule has 0 amide bonds. The molecule has 0 aliphatic carbocycles. The number of hydrogen-bond donors (Lipinski definition) is 0. The van der Waals surface area contributed by atoms with E-state index in [1.165, 1.54) is 32.9 Å². The number of nitrogens with zero attached hydrogens (tertiary/aromatic N) is 2. The molecule has 0 unspecified atom stereocenters. The van der Waals surface area contributed by atoms with Gasteiger partial charge in [0.15, 0.2) is 0 Å². The van der Waals surface area contributed by atoms with E-state index in [0.29, 0.717) is 0 Å². The third-order valence-corrected chi connectivity index (χ3v) is 13.8. The minimum Gasteiger partial charge on any atom is -0.456 e. The van der Waals surface area contributed by atoms with E-state index in [-0.39, 0.29) is 0 Å². The Hall–Kier alpha value is -9.25. The van der Waals surface area contributed by atoms with Gasteiger partial charge in [0.05, 0.1) is 22.4 Å². The molecule has 0 radical (unpaired) electrons. The van der Waals surface area contributed by atoms with Gasteiger partial charge in [0, 0.05) is 49.1 Å². The Morgan fingerprint density at radius 2 is 0.797 bits per heavy atom. The molecule has 4 heterocycles. The molecular formula is C65H40N2O2. The Bertz CT molecular complexity index is 4310. The largest absolute Gasteiger partial charge is 0.456 e. The number of furan rings is 2. The summed E-state index contributed by atoms with van der Waals surface area (Å²) in [7, 11) is 0. The fraction of sp³-hybridized carbons (Fsp3) is 0. The van der Waals surface area contributed by atoms with Crippen LogP contribution < -0.4 is 0 Å². The van der Waals surface area contributed by atoms with Crippen LogP contribution in [0.3, 0.4) is 0 Å². The first-order valence-electron chi connectivity index (χ1n) is 23.4. The molecule has 0 fully saturated rings. The molecule has 14 aromatic rings. The highest BCUT2D eigenvalue weighted by Crippen LogP contribution is 2.42. The maximum absolute atomic E-state index is 6.59. The van der Waals surface area contributed by atoms with Crippen molar-refractivity contribution in [3.63, 3.8) is 0 Å². The van der Waals surface area contributed by atoms with Gasteiger partial charge in [-0.1, -0.05) is 152 Å². The van der Waals surface area contributed by atoms with Crippen molar-refractivity contribution >= 4 is 65.7 Å². The third-order valence-electron chi connectivity index (χ3n) is 13.8. The number of hydrogen-bond acceptors (Lipinski definition) is 3. The lowest BCUT2D eigenvalue weighted by atomic mass is 9.94. The molecule has 4 nitrogen and oxygen atoms in total. The second-order valence-corrected chi connectivity index (χ2v) is 17.9. The fourth-order valence-electron chi connectivity index (χ4n) is 10.5. The summed E-state index contributed by atoms with van der Waals surface area (Å²) in [5, 5.41) is 6.80. The Labute approximate surface area is 397 Å². The van der Waals surface area contributed by atoms with Crippen molar-refractivity contribution in [1.29, 1.82) is 0 Å². The van der Waals surface area contributed by atoms with Gasteiger partial charge < -0.3 is 13.4 Å². The minimum atomic E-state index is 0.824. The maximum atomic E-state index is 6.59. The number of fused-ring (bicyclic) bond motifs is 9. The summed E-state index contributed by atoms with van der Waals surface area (Å²) < 4.78 is 15.3. The van der Waals surface area contributed by atoms with Gasteiger partial charge in [0.25, 0.3) is 0 Å². The van der Waals surface area contributed by atoms with E-state index in [0.717, 1.165) is 105 Å². The van der Waals surface area contributed by atoms with Gasteiger partial charge in [-0.05, 0) is 136 Å². The molecule has 0 spiro atoms. The average molecular weight is 881 g/mol. The highest BCUT2D eigenvalue weighted by atomic mass is 16.3. The third kappa shape index (κ3) is 6.57. The van der Waals surface area contributed by atoms with Gasteiger partial charge in [0.2, 0.25) is 0 Å². The molecule has 69 heavy (non-hydrogen) atoms. The molecule has 0 aliphatic rings. The molecule has 4 aromatic heterocycles. The van der Waals surface area contributed by atoms with Crippen molar-refractivity contribution in [2.45, 2.75) is 0 Å². The monoisotopic (exact) mass is 880 g/mol. The van der Waals surface area contributed by atoms with Gasteiger partial charge in [0.1, 0.15) is 22.3 Å². The molecule has 4 heteroatoms. The van der Waals surface area contributed by atoms with Crippen LogP contribution in [0.2, 0.25) is 0 Å². The molecular weight excluding hydrogens is 841 g/mol. The number of aromatic nitrogens is 2. The summed E-state index contributed by atoms with van der Waals surface area (Å²) in [5.74, 6) is 0. The normalized spacial score (nSPS) is 11.8. The van der Waals surface area contributed by atoms with Crippen LogP contribution in [-0.4, -0.2) is 9.55 Å². The highest BCUT2D eigenvalue weighted by molar-refractivity contribution is 6.14. The second-order valence-electron chi connectivity index (χ2n) is 17.9. The summed E-state index contributed by atoms with van der Waals surface area (Å²) in [6.45, 7) is 0. The van der Waals surface area contributed by atoms with Crippen LogP contribution >= 0.6 is 0 Å². The predicted octanol–water partition coefficient (Wildman–Crippen LogP) is 18.0. The topological polar surface area (TPSA) is 44.1 Å². The summed E-state index contributed by atoms with van der Waals surface area (Å²) in [6, 6.07) is 86.3. The smallest absolute Gasteiger partial charge is 0.136 e. The van der Waals surface area contributed by atoms with Crippen LogP contribution in [0, 0.1) is 0 Å². The average Bonchev–Trinajstić information content (AvgIpc) is 4.10. The Morgan fingerprint density at radius 3 is 1.58 bits per heavy atom. The van der Waals surface area contributed by atoms with Gasteiger partial charge in [-0.15, -0.1) is 0 Å². The van der Waals surface area contributed by atoms with E-state index < -0.39 is 0 Å². The van der Waals surface area contributed by atoms with E-state index in [9.17, 15) is 0 Å². The summed E-state index contributed by atoms with van der Waals surface area (Å²) in [6.07, 6.45) is 0. The fourth-order valence-corrected chi connectivity index (χ4v) is 10.5. The lowest BCUT2D eigenvalue weighted by Crippen LogP contribution is -1.92. The van der Waals surface area contributed by atoms with Crippen LogP contribution in [0.5, 0.6) is 0 Å². The van der Waals surface area contributed by atoms with Crippen molar-refractivity contribution < 1.29 is 8.83 Å². The summed E-state index contributed by atoms with van der Waals surface area (Å²) in [5.41, 5.74) is 19.9. The van der Waals surface area contributed by atoms with Crippen LogP contribution in [0.1, 0.15) is 0 Å².